The van der Waals surface area contributed by atoms with Gasteiger partial charge in [0.2, 0.25) is 0 Å². The summed E-state index contributed by atoms with van der Waals surface area (Å²) in [6.45, 7) is 3.40. The monoisotopic (exact) mass is 359 g/mol. The highest BCUT2D eigenvalue weighted by molar-refractivity contribution is 5.91. The minimum atomic E-state index is -0.451. The first-order valence-corrected chi connectivity index (χ1v) is 8.59. The van der Waals surface area contributed by atoms with E-state index in [0.717, 1.165) is 18.5 Å². The summed E-state index contributed by atoms with van der Waals surface area (Å²) in [6.07, 6.45) is 3.06. The van der Waals surface area contributed by atoms with E-state index in [-0.39, 0.29) is 23.4 Å². The van der Waals surface area contributed by atoms with Crippen LogP contribution in [0, 0.1) is 10.1 Å². The molecule has 26 heavy (non-hydrogen) atoms. The summed E-state index contributed by atoms with van der Waals surface area (Å²) in [6, 6.07) is 8.34. The molecule has 1 amide bonds. The fourth-order valence-electron chi connectivity index (χ4n) is 3.04. The summed E-state index contributed by atoms with van der Waals surface area (Å²) in [5.74, 6) is 0.517. The van der Waals surface area contributed by atoms with Crippen LogP contribution in [0.15, 0.2) is 41.0 Å². The first kappa shape index (κ1) is 17.8. The number of benzene rings is 1. The SMILES string of the molecule is CCOc1cc(NC2CCN(C(=O)c3ccco3)CC2)ccc1[N+](=O)[O-]. The lowest BCUT2D eigenvalue weighted by molar-refractivity contribution is -0.385. The Labute approximate surface area is 150 Å². The van der Waals surface area contributed by atoms with Crippen molar-refractivity contribution in [1.29, 1.82) is 0 Å². The molecule has 1 aliphatic rings. The number of anilines is 1. The zero-order chi connectivity index (χ0) is 18.5. The fourth-order valence-corrected chi connectivity index (χ4v) is 3.04. The third-order valence-electron chi connectivity index (χ3n) is 4.34. The van der Waals surface area contributed by atoms with Crippen molar-refractivity contribution >= 4 is 17.3 Å². The molecular formula is C18H21N3O5. The predicted octanol–water partition coefficient (Wildman–Crippen LogP) is 3.30. The van der Waals surface area contributed by atoms with Crippen LogP contribution < -0.4 is 10.1 Å². The maximum absolute atomic E-state index is 12.3. The minimum Gasteiger partial charge on any atom is -0.487 e. The van der Waals surface area contributed by atoms with Crippen LogP contribution in [0.4, 0.5) is 11.4 Å². The maximum atomic E-state index is 12.3. The van der Waals surface area contributed by atoms with Gasteiger partial charge in [0.05, 0.1) is 17.8 Å². The van der Waals surface area contributed by atoms with Gasteiger partial charge in [-0.2, -0.15) is 0 Å². The van der Waals surface area contributed by atoms with Gasteiger partial charge in [-0.1, -0.05) is 0 Å². The molecule has 1 aliphatic heterocycles. The Hall–Kier alpha value is -3.03. The number of amides is 1. The molecule has 138 valence electrons. The van der Waals surface area contributed by atoms with Crippen molar-refractivity contribution < 1.29 is 18.9 Å². The summed E-state index contributed by atoms with van der Waals surface area (Å²) in [5.41, 5.74) is 0.728. The van der Waals surface area contributed by atoms with E-state index in [1.165, 1.54) is 12.3 Å². The van der Waals surface area contributed by atoms with Gasteiger partial charge in [-0.3, -0.25) is 14.9 Å². The fraction of sp³-hybridized carbons (Fsp3) is 0.389. The second-order valence-electron chi connectivity index (χ2n) is 6.06. The number of nitrogens with zero attached hydrogens (tertiary/aromatic N) is 2. The quantitative estimate of drug-likeness (QED) is 0.628. The molecule has 1 N–H and O–H groups in total. The number of hydrogen-bond acceptors (Lipinski definition) is 6. The molecule has 0 aliphatic carbocycles. The van der Waals surface area contributed by atoms with Gasteiger partial charge in [-0.05, 0) is 38.0 Å². The number of nitro groups is 1. The lowest BCUT2D eigenvalue weighted by atomic mass is 10.0. The van der Waals surface area contributed by atoms with E-state index < -0.39 is 4.92 Å². The smallest absolute Gasteiger partial charge is 0.311 e. The minimum absolute atomic E-state index is 0.0451. The molecule has 8 heteroatoms. The highest BCUT2D eigenvalue weighted by Crippen LogP contribution is 2.31. The number of nitro benzene ring substituents is 1. The van der Waals surface area contributed by atoms with Crippen molar-refractivity contribution in [2.24, 2.45) is 0 Å². The van der Waals surface area contributed by atoms with E-state index in [4.69, 9.17) is 9.15 Å². The van der Waals surface area contributed by atoms with Crippen LogP contribution in [0.5, 0.6) is 5.75 Å². The number of hydrogen-bond donors (Lipinski definition) is 1. The molecule has 1 aromatic heterocycles. The first-order valence-electron chi connectivity index (χ1n) is 8.59. The molecule has 8 nitrogen and oxygen atoms in total. The molecule has 1 aromatic carbocycles. The van der Waals surface area contributed by atoms with E-state index in [1.807, 2.05) is 0 Å². The average molecular weight is 359 g/mol. The van der Waals surface area contributed by atoms with Gasteiger partial charge in [0.1, 0.15) is 0 Å². The second-order valence-corrected chi connectivity index (χ2v) is 6.06. The summed E-state index contributed by atoms with van der Waals surface area (Å²) in [7, 11) is 0. The van der Waals surface area contributed by atoms with Gasteiger partial charge >= 0.3 is 5.69 Å². The number of rotatable bonds is 6. The third-order valence-corrected chi connectivity index (χ3v) is 4.34. The number of piperidine rings is 1. The van der Waals surface area contributed by atoms with Crippen molar-refractivity contribution in [3.05, 3.63) is 52.5 Å². The molecule has 2 heterocycles. The molecule has 0 unspecified atom stereocenters. The molecule has 0 spiro atoms. The van der Waals surface area contributed by atoms with E-state index in [1.54, 1.807) is 36.1 Å². The number of nitrogens with one attached hydrogen (secondary N) is 1. The van der Waals surface area contributed by atoms with Crippen molar-refractivity contribution in [3.8, 4) is 5.75 Å². The Kier molecular flexibility index (Phi) is 5.40. The normalized spacial score (nSPS) is 14.9. The molecule has 3 rings (SSSR count). The molecule has 0 bridgehead atoms. The summed E-state index contributed by atoms with van der Waals surface area (Å²) in [4.78, 5) is 24.7. The molecule has 2 aromatic rings. The zero-order valence-corrected chi connectivity index (χ0v) is 14.5. The standard InChI is InChI=1S/C18H21N3O5/c1-2-25-17-12-14(5-6-15(17)21(23)24)19-13-7-9-20(10-8-13)18(22)16-4-3-11-26-16/h3-6,11-13,19H,2,7-10H2,1H3. The third kappa shape index (κ3) is 3.96. The molecule has 0 saturated carbocycles. The van der Waals surface area contributed by atoms with Crippen molar-refractivity contribution in [1.82, 2.24) is 4.90 Å². The number of carbonyl (C=O) groups excluding carboxylic acids is 1. The highest BCUT2D eigenvalue weighted by atomic mass is 16.6. The Morgan fingerprint density at radius 2 is 2.15 bits per heavy atom. The Balaban J connectivity index is 1.60. The molecular weight excluding hydrogens is 338 g/mol. The van der Waals surface area contributed by atoms with Crippen LogP contribution in [0.3, 0.4) is 0 Å². The molecule has 1 fully saturated rings. The van der Waals surface area contributed by atoms with Gasteiger partial charge in [-0.25, -0.2) is 0 Å². The van der Waals surface area contributed by atoms with Crippen molar-refractivity contribution in [3.63, 3.8) is 0 Å². The van der Waals surface area contributed by atoms with Crippen LogP contribution in [-0.4, -0.2) is 41.5 Å². The topological polar surface area (TPSA) is 97.8 Å². The molecule has 0 atom stereocenters. The van der Waals surface area contributed by atoms with Crippen LogP contribution in [-0.2, 0) is 0 Å². The lowest BCUT2D eigenvalue weighted by Gasteiger charge is -2.32. The van der Waals surface area contributed by atoms with Gasteiger partial charge in [0, 0.05) is 37.0 Å². The van der Waals surface area contributed by atoms with E-state index in [0.29, 0.717) is 25.5 Å². The summed E-state index contributed by atoms with van der Waals surface area (Å²) < 4.78 is 10.5. The first-order chi connectivity index (χ1) is 12.6. The number of carbonyl (C=O) groups is 1. The summed E-state index contributed by atoms with van der Waals surface area (Å²) >= 11 is 0. The van der Waals surface area contributed by atoms with Gasteiger partial charge < -0.3 is 19.4 Å². The van der Waals surface area contributed by atoms with Crippen molar-refractivity contribution in [2.45, 2.75) is 25.8 Å². The van der Waals surface area contributed by atoms with E-state index in [9.17, 15) is 14.9 Å². The zero-order valence-electron chi connectivity index (χ0n) is 14.5. The number of ether oxygens (including phenoxy) is 1. The van der Waals surface area contributed by atoms with Crippen LogP contribution in [0.1, 0.15) is 30.3 Å². The van der Waals surface area contributed by atoms with Gasteiger partial charge in [0.15, 0.2) is 11.5 Å². The molecule has 1 saturated heterocycles. The van der Waals surface area contributed by atoms with Gasteiger partial charge in [-0.15, -0.1) is 0 Å². The maximum Gasteiger partial charge on any atom is 0.311 e. The summed E-state index contributed by atoms with van der Waals surface area (Å²) in [5, 5.41) is 14.4. The Bertz CT molecular complexity index is 767. The Morgan fingerprint density at radius 3 is 2.77 bits per heavy atom. The largest absolute Gasteiger partial charge is 0.487 e. The van der Waals surface area contributed by atoms with E-state index >= 15 is 0 Å². The lowest BCUT2D eigenvalue weighted by Crippen LogP contribution is -2.42. The predicted molar refractivity (Wildman–Crippen MR) is 95.5 cm³/mol. The van der Waals surface area contributed by atoms with Gasteiger partial charge in [0.25, 0.3) is 5.91 Å². The average Bonchev–Trinajstić information content (AvgIpc) is 3.17. The Morgan fingerprint density at radius 1 is 1.38 bits per heavy atom. The highest BCUT2D eigenvalue weighted by Gasteiger charge is 2.25. The molecule has 0 radical (unpaired) electrons. The number of furan rings is 1. The van der Waals surface area contributed by atoms with E-state index in [2.05, 4.69) is 5.32 Å². The second kappa shape index (κ2) is 7.90. The van der Waals surface area contributed by atoms with Crippen LogP contribution in [0.2, 0.25) is 0 Å². The van der Waals surface area contributed by atoms with Crippen LogP contribution in [0.25, 0.3) is 0 Å². The number of likely N-dealkylation sites (tertiary alicyclic amines) is 1. The van der Waals surface area contributed by atoms with Crippen molar-refractivity contribution in [2.75, 3.05) is 25.0 Å². The van der Waals surface area contributed by atoms with Crippen LogP contribution >= 0.6 is 0 Å².